The summed E-state index contributed by atoms with van der Waals surface area (Å²) in [6.45, 7) is 14.3. The molecule has 0 saturated carbocycles. The fourth-order valence-corrected chi connectivity index (χ4v) is 3.03. The van der Waals surface area contributed by atoms with Gasteiger partial charge in [-0.1, -0.05) is 29.7 Å². The number of carbonyl (C=O) groups excluding carboxylic acids is 2. The number of esters is 1. The molecule has 0 spiro atoms. The van der Waals surface area contributed by atoms with Crippen LogP contribution in [0, 0.1) is 5.82 Å². The Hall–Kier alpha value is -3.16. The monoisotopic (exact) mass is 452 g/mol. The number of halogens is 1. The van der Waals surface area contributed by atoms with Crippen LogP contribution in [0.4, 0.5) is 14.9 Å². The van der Waals surface area contributed by atoms with E-state index in [4.69, 9.17) is 17.3 Å². The molecule has 6 nitrogen and oxygen atoms in total. The Morgan fingerprint density at radius 3 is 2.33 bits per heavy atom. The van der Waals surface area contributed by atoms with Gasteiger partial charge in [-0.3, -0.25) is 4.90 Å². The van der Waals surface area contributed by atoms with Gasteiger partial charge in [-0.25, -0.2) is 19.0 Å². The number of aromatic nitrogens is 1. The molecule has 33 heavy (non-hydrogen) atoms. The SMILES string of the molecule is [B]c1c(Cc2ccc(F)cc2)cnc(C(=O)OC(C)C)c1N(CC(=C)C)C(=O)OC(C)(C)C. The summed E-state index contributed by atoms with van der Waals surface area (Å²) in [5.74, 6) is -1.06. The minimum Gasteiger partial charge on any atom is -0.458 e. The minimum atomic E-state index is -0.781. The van der Waals surface area contributed by atoms with Gasteiger partial charge in [0.2, 0.25) is 0 Å². The van der Waals surface area contributed by atoms with Crippen molar-refractivity contribution in [1.82, 2.24) is 4.98 Å². The lowest BCUT2D eigenvalue weighted by atomic mass is 9.85. The maximum atomic E-state index is 13.3. The van der Waals surface area contributed by atoms with Crippen molar-refractivity contribution in [3.8, 4) is 0 Å². The normalized spacial score (nSPS) is 11.3. The van der Waals surface area contributed by atoms with Crippen LogP contribution in [0.1, 0.15) is 63.2 Å². The molecule has 2 radical (unpaired) electrons. The number of hydrogen-bond acceptors (Lipinski definition) is 5. The molecule has 1 amide bonds. The van der Waals surface area contributed by atoms with Crippen molar-refractivity contribution in [1.29, 1.82) is 0 Å². The molecule has 1 heterocycles. The molecule has 0 atom stereocenters. The van der Waals surface area contributed by atoms with Crippen molar-refractivity contribution < 1.29 is 23.5 Å². The minimum absolute atomic E-state index is 0.0583. The molecule has 0 saturated heterocycles. The standard InChI is InChI=1S/C25H30BFN2O4/c1-15(2)14-29(24(31)33-25(5,6)7)22-20(26)18(12-17-8-10-19(27)11-9-17)13-28-21(22)23(30)32-16(3)4/h8-11,13,16H,1,12,14H2,2-7H3. The van der Waals surface area contributed by atoms with Crippen molar-refractivity contribution in [2.45, 2.75) is 59.7 Å². The second kappa shape index (κ2) is 10.6. The molecule has 0 N–H and O–H groups in total. The first-order valence-electron chi connectivity index (χ1n) is 10.7. The maximum absolute atomic E-state index is 13.3. The Morgan fingerprint density at radius 1 is 1.21 bits per heavy atom. The van der Waals surface area contributed by atoms with Crippen LogP contribution in [-0.2, 0) is 15.9 Å². The smallest absolute Gasteiger partial charge is 0.415 e. The molecule has 0 aliphatic heterocycles. The third-order valence-electron chi connectivity index (χ3n) is 4.33. The fraction of sp³-hybridized carbons (Fsp3) is 0.400. The predicted octanol–water partition coefficient (Wildman–Crippen LogP) is 4.49. The van der Waals surface area contributed by atoms with E-state index in [2.05, 4.69) is 11.6 Å². The van der Waals surface area contributed by atoms with Crippen LogP contribution in [0.2, 0.25) is 0 Å². The summed E-state index contributed by atoms with van der Waals surface area (Å²) < 4.78 is 24.2. The van der Waals surface area contributed by atoms with Gasteiger partial charge in [0.25, 0.3) is 0 Å². The zero-order chi connectivity index (χ0) is 24.9. The Labute approximate surface area is 196 Å². The Morgan fingerprint density at radius 2 is 1.82 bits per heavy atom. The average molecular weight is 452 g/mol. The highest BCUT2D eigenvalue weighted by Gasteiger charge is 2.30. The molecule has 8 heteroatoms. The van der Waals surface area contributed by atoms with E-state index in [0.29, 0.717) is 17.6 Å². The van der Waals surface area contributed by atoms with Crippen LogP contribution in [0.15, 0.2) is 42.6 Å². The van der Waals surface area contributed by atoms with E-state index in [1.807, 2.05) is 0 Å². The number of anilines is 1. The lowest BCUT2D eigenvalue weighted by Crippen LogP contribution is -2.42. The molecule has 0 aliphatic rings. The van der Waals surface area contributed by atoms with Crippen LogP contribution in [-0.4, -0.2) is 43.1 Å². The van der Waals surface area contributed by atoms with Crippen LogP contribution in [0.25, 0.3) is 0 Å². The van der Waals surface area contributed by atoms with E-state index in [-0.39, 0.29) is 29.2 Å². The molecule has 2 rings (SSSR count). The summed E-state index contributed by atoms with van der Waals surface area (Å²) >= 11 is 0. The zero-order valence-corrected chi connectivity index (χ0v) is 20.1. The quantitative estimate of drug-likeness (QED) is 0.352. The molecule has 0 fully saturated rings. The molecule has 0 unspecified atom stereocenters. The van der Waals surface area contributed by atoms with Gasteiger partial charge in [0.1, 0.15) is 19.3 Å². The summed E-state index contributed by atoms with van der Waals surface area (Å²) in [5.41, 5.74) is 1.39. The molecular weight excluding hydrogens is 422 g/mol. The van der Waals surface area contributed by atoms with Crippen molar-refractivity contribution in [3.63, 3.8) is 0 Å². The summed E-state index contributed by atoms with van der Waals surface area (Å²) in [5, 5.41) is 0. The van der Waals surface area contributed by atoms with Crippen LogP contribution in [0.5, 0.6) is 0 Å². The molecule has 2 aromatic rings. The highest BCUT2D eigenvalue weighted by molar-refractivity contribution is 6.38. The van der Waals surface area contributed by atoms with E-state index < -0.39 is 23.8 Å². The summed E-state index contributed by atoms with van der Waals surface area (Å²) in [4.78, 5) is 31.5. The molecule has 1 aromatic carbocycles. The van der Waals surface area contributed by atoms with E-state index in [1.54, 1.807) is 53.7 Å². The van der Waals surface area contributed by atoms with Crippen molar-refractivity contribution in [2.75, 3.05) is 11.4 Å². The number of rotatable bonds is 7. The maximum Gasteiger partial charge on any atom is 0.415 e. The van der Waals surface area contributed by atoms with Gasteiger partial charge in [-0.15, -0.1) is 0 Å². The van der Waals surface area contributed by atoms with E-state index in [0.717, 1.165) is 5.56 Å². The summed E-state index contributed by atoms with van der Waals surface area (Å²) in [6, 6.07) is 5.97. The third kappa shape index (κ3) is 7.44. The number of carbonyl (C=O) groups is 2. The number of ether oxygens (including phenoxy) is 2. The number of amides is 1. The lowest BCUT2D eigenvalue weighted by molar-refractivity contribution is 0.0372. The van der Waals surface area contributed by atoms with Gasteiger partial charge >= 0.3 is 12.1 Å². The van der Waals surface area contributed by atoms with E-state index in [1.165, 1.54) is 23.2 Å². The predicted molar refractivity (Wildman–Crippen MR) is 128 cm³/mol. The molecular formula is C25H30BFN2O4. The number of pyridine rings is 1. The summed E-state index contributed by atoms with van der Waals surface area (Å²) in [6.07, 6.45) is 0.688. The second-order valence-corrected chi connectivity index (χ2v) is 9.18. The molecule has 174 valence electrons. The number of benzene rings is 1. The van der Waals surface area contributed by atoms with Gasteiger partial charge in [0.05, 0.1) is 11.8 Å². The number of nitrogens with zero attached hydrogens (tertiary/aromatic N) is 2. The lowest BCUT2D eigenvalue weighted by Gasteiger charge is -2.30. The van der Waals surface area contributed by atoms with E-state index in [9.17, 15) is 14.0 Å². The van der Waals surface area contributed by atoms with Crippen LogP contribution >= 0.6 is 0 Å². The molecule has 0 aliphatic carbocycles. The fourth-order valence-electron chi connectivity index (χ4n) is 3.03. The molecule has 0 bridgehead atoms. The second-order valence-electron chi connectivity index (χ2n) is 9.18. The average Bonchev–Trinajstić information content (AvgIpc) is 2.67. The Kier molecular flexibility index (Phi) is 8.42. The molecule has 1 aromatic heterocycles. The Bertz CT molecular complexity index is 1030. The van der Waals surface area contributed by atoms with Gasteiger partial charge in [-0.2, -0.15) is 0 Å². The first-order valence-corrected chi connectivity index (χ1v) is 10.7. The van der Waals surface area contributed by atoms with Crippen molar-refractivity contribution in [3.05, 3.63) is 65.3 Å². The van der Waals surface area contributed by atoms with Crippen molar-refractivity contribution >= 4 is 31.1 Å². The van der Waals surface area contributed by atoms with E-state index >= 15 is 0 Å². The topological polar surface area (TPSA) is 68.7 Å². The Balaban J connectivity index is 2.65. The van der Waals surface area contributed by atoms with Crippen molar-refractivity contribution in [2.24, 2.45) is 0 Å². The third-order valence-corrected chi connectivity index (χ3v) is 4.33. The van der Waals surface area contributed by atoms with Gasteiger partial charge in [0.15, 0.2) is 5.69 Å². The first kappa shape index (κ1) is 26.1. The largest absolute Gasteiger partial charge is 0.458 e. The van der Waals surface area contributed by atoms with Crippen LogP contribution < -0.4 is 10.4 Å². The number of hydrogen-bond donors (Lipinski definition) is 0. The van der Waals surface area contributed by atoms with Crippen LogP contribution in [0.3, 0.4) is 0 Å². The highest BCUT2D eigenvalue weighted by Crippen LogP contribution is 2.24. The highest BCUT2D eigenvalue weighted by atomic mass is 19.1. The van der Waals surface area contributed by atoms with Gasteiger partial charge < -0.3 is 9.47 Å². The van der Waals surface area contributed by atoms with Gasteiger partial charge in [-0.05, 0) is 71.2 Å². The van der Waals surface area contributed by atoms with Gasteiger partial charge in [0, 0.05) is 12.7 Å². The summed E-state index contributed by atoms with van der Waals surface area (Å²) in [7, 11) is 6.51. The zero-order valence-electron chi connectivity index (χ0n) is 20.1. The first-order chi connectivity index (χ1) is 15.3.